The minimum absolute atomic E-state index is 0.101. The molecule has 30 heavy (non-hydrogen) atoms. The lowest BCUT2D eigenvalue weighted by Gasteiger charge is -2.23. The summed E-state index contributed by atoms with van der Waals surface area (Å²) >= 11 is 1.13. The van der Waals surface area contributed by atoms with E-state index in [0.717, 1.165) is 21.8 Å². The first-order valence-corrected chi connectivity index (χ1v) is 9.64. The number of hydrogen-bond donors (Lipinski definition) is 0. The maximum absolute atomic E-state index is 12.7. The highest BCUT2D eigenvalue weighted by atomic mass is 32.1. The summed E-state index contributed by atoms with van der Waals surface area (Å²) in [4.78, 5) is 22.3. The first-order valence-electron chi connectivity index (χ1n) is 8.76. The highest BCUT2D eigenvalue weighted by molar-refractivity contribution is 7.14. The third-order valence-electron chi connectivity index (χ3n) is 4.06. The van der Waals surface area contributed by atoms with Crippen LogP contribution >= 0.6 is 11.3 Å². The van der Waals surface area contributed by atoms with Crippen molar-refractivity contribution in [3.8, 4) is 22.8 Å². The van der Waals surface area contributed by atoms with E-state index < -0.39 is 12.1 Å². The number of benzene rings is 1. The normalized spacial score (nSPS) is 13.4. The van der Waals surface area contributed by atoms with Gasteiger partial charge in [0.2, 0.25) is 0 Å². The lowest BCUT2D eigenvalue weighted by atomic mass is 10.2. The van der Waals surface area contributed by atoms with Crippen LogP contribution < -0.4 is 14.4 Å². The van der Waals surface area contributed by atoms with Crippen molar-refractivity contribution in [1.29, 1.82) is 0 Å². The molecule has 10 heteroatoms. The molecule has 0 bridgehead atoms. The number of thiazole rings is 1. The fraction of sp³-hybridized carbons (Fsp3) is 0.150. The number of hydrogen-bond acceptors (Lipinski definition) is 6. The molecule has 2 aromatic heterocycles. The molecule has 6 nitrogen and oxygen atoms in total. The van der Waals surface area contributed by atoms with Crippen LogP contribution in [0.2, 0.25) is 0 Å². The van der Waals surface area contributed by atoms with Gasteiger partial charge in [-0.1, -0.05) is 0 Å². The summed E-state index contributed by atoms with van der Waals surface area (Å²) in [5.41, 5.74) is 1.59. The maximum Gasteiger partial charge on any atom is 0.409 e. The third kappa shape index (κ3) is 4.43. The number of fused-ring (bicyclic) bond motifs is 1. The Hall–Kier alpha value is -3.40. The number of alkyl halides is 3. The Kier molecular flexibility index (Phi) is 5.40. The molecule has 0 atom stereocenters. The van der Waals surface area contributed by atoms with Crippen molar-refractivity contribution in [1.82, 2.24) is 9.97 Å². The number of rotatable bonds is 4. The van der Waals surface area contributed by atoms with Crippen LogP contribution in [0.5, 0.6) is 11.5 Å². The Morgan fingerprint density at radius 1 is 1.17 bits per heavy atom. The second-order valence-corrected chi connectivity index (χ2v) is 6.97. The number of ether oxygens (including phenoxy) is 2. The van der Waals surface area contributed by atoms with Gasteiger partial charge in [-0.2, -0.15) is 13.2 Å². The van der Waals surface area contributed by atoms with Gasteiger partial charge in [0.25, 0.3) is 5.91 Å². The minimum atomic E-state index is -4.61. The van der Waals surface area contributed by atoms with Gasteiger partial charge in [0, 0.05) is 41.6 Å². The molecule has 0 N–H and O–H groups in total. The Bertz CT molecular complexity index is 1080. The molecule has 4 rings (SSSR count). The molecule has 3 heterocycles. The summed E-state index contributed by atoms with van der Waals surface area (Å²) in [6.45, 7) is 0.727. The zero-order valence-electron chi connectivity index (χ0n) is 15.3. The lowest BCUT2D eigenvalue weighted by Crippen LogP contribution is -2.25. The van der Waals surface area contributed by atoms with E-state index in [2.05, 4.69) is 9.97 Å². The number of allylic oxidation sites excluding steroid dienone is 1. The topological polar surface area (TPSA) is 64.6 Å². The molecule has 1 aliphatic rings. The van der Waals surface area contributed by atoms with E-state index in [1.54, 1.807) is 48.1 Å². The first kappa shape index (κ1) is 19.9. The Labute approximate surface area is 173 Å². The summed E-state index contributed by atoms with van der Waals surface area (Å²) < 4.78 is 48.9. The monoisotopic (exact) mass is 433 g/mol. The van der Waals surface area contributed by atoms with Crippen LogP contribution in [0.25, 0.3) is 11.3 Å². The van der Waals surface area contributed by atoms with Gasteiger partial charge in [-0.05, 0) is 24.3 Å². The van der Waals surface area contributed by atoms with Gasteiger partial charge in [-0.3, -0.25) is 14.7 Å². The molecular weight excluding hydrogens is 419 g/mol. The summed E-state index contributed by atoms with van der Waals surface area (Å²) in [6, 6.07) is 8.25. The molecule has 1 aliphatic heterocycles. The standard InChI is InChI=1S/C20H14F3N3O3S/c21-20(22,23)6-5-18(27)26(14-3-4-16-17(10-14)29-9-8-28-16)19-25-15(12-30-19)13-2-1-7-24-11-13/h1-7,10-12H,8-9H2. The van der Waals surface area contributed by atoms with E-state index >= 15 is 0 Å². The summed E-state index contributed by atoms with van der Waals surface area (Å²) in [6.07, 6.45) is -1.02. The Morgan fingerprint density at radius 3 is 2.70 bits per heavy atom. The van der Waals surface area contributed by atoms with Gasteiger partial charge in [0.15, 0.2) is 16.6 Å². The second kappa shape index (κ2) is 8.15. The largest absolute Gasteiger partial charge is 0.486 e. The molecular formula is C20H14F3N3O3S. The van der Waals surface area contributed by atoms with E-state index in [0.29, 0.717) is 42.2 Å². The van der Waals surface area contributed by atoms with Crippen molar-refractivity contribution < 1.29 is 27.4 Å². The molecule has 1 aromatic carbocycles. The van der Waals surface area contributed by atoms with E-state index in [1.807, 2.05) is 0 Å². The van der Waals surface area contributed by atoms with E-state index in [-0.39, 0.29) is 11.2 Å². The van der Waals surface area contributed by atoms with Crippen molar-refractivity contribution >= 4 is 28.1 Å². The summed E-state index contributed by atoms with van der Waals surface area (Å²) in [7, 11) is 0. The van der Waals surface area contributed by atoms with Crippen LogP contribution in [-0.4, -0.2) is 35.3 Å². The Balaban J connectivity index is 1.74. The SMILES string of the molecule is O=C(C=CC(F)(F)F)N(c1ccc2c(c1)OCCO2)c1nc(-c2cccnc2)cs1. The van der Waals surface area contributed by atoms with Crippen molar-refractivity contribution in [2.24, 2.45) is 0 Å². The maximum atomic E-state index is 12.7. The molecule has 0 saturated carbocycles. The average Bonchev–Trinajstić information content (AvgIpc) is 3.22. The zero-order chi connectivity index (χ0) is 21.1. The number of carbonyl (C=O) groups is 1. The summed E-state index contributed by atoms with van der Waals surface area (Å²) in [5.74, 6) is 0.00917. The average molecular weight is 433 g/mol. The highest BCUT2D eigenvalue weighted by Crippen LogP contribution is 2.38. The number of carbonyl (C=O) groups excluding carboxylic acids is 1. The van der Waals surface area contributed by atoms with Gasteiger partial charge in [0.05, 0.1) is 11.4 Å². The molecule has 154 valence electrons. The van der Waals surface area contributed by atoms with Crippen LogP contribution in [0.1, 0.15) is 0 Å². The summed E-state index contributed by atoms with van der Waals surface area (Å²) in [5, 5.41) is 1.92. The molecule has 1 amide bonds. The smallest absolute Gasteiger partial charge is 0.409 e. The van der Waals surface area contributed by atoms with E-state index in [4.69, 9.17) is 9.47 Å². The van der Waals surface area contributed by atoms with Crippen LogP contribution in [0.3, 0.4) is 0 Å². The molecule has 0 radical (unpaired) electrons. The van der Waals surface area contributed by atoms with Crippen molar-refractivity contribution in [3.63, 3.8) is 0 Å². The zero-order valence-corrected chi connectivity index (χ0v) is 16.1. The van der Waals surface area contributed by atoms with Gasteiger partial charge in [-0.25, -0.2) is 4.98 Å². The van der Waals surface area contributed by atoms with Crippen LogP contribution in [0.4, 0.5) is 24.0 Å². The predicted molar refractivity (Wildman–Crippen MR) is 105 cm³/mol. The van der Waals surface area contributed by atoms with Crippen LogP contribution in [-0.2, 0) is 4.79 Å². The number of halogens is 3. The number of anilines is 2. The van der Waals surface area contributed by atoms with Crippen LogP contribution in [0, 0.1) is 0 Å². The number of nitrogens with zero attached hydrogens (tertiary/aromatic N) is 3. The van der Waals surface area contributed by atoms with Crippen LogP contribution in [0.15, 0.2) is 60.3 Å². The van der Waals surface area contributed by atoms with Gasteiger partial charge >= 0.3 is 6.18 Å². The number of amides is 1. The van der Waals surface area contributed by atoms with Gasteiger partial charge in [0.1, 0.15) is 13.2 Å². The van der Waals surface area contributed by atoms with Gasteiger partial charge < -0.3 is 9.47 Å². The third-order valence-corrected chi connectivity index (χ3v) is 4.89. The van der Waals surface area contributed by atoms with Crippen molar-refractivity contribution in [3.05, 3.63) is 60.3 Å². The molecule has 0 aliphatic carbocycles. The number of aromatic nitrogens is 2. The first-order chi connectivity index (χ1) is 14.4. The minimum Gasteiger partial charge on any atom is -0.486 e. The molecule has 0 fully saturated rings. The molecule has 0 spiro atoms. The van der Waals surface area contributed by atoms with E-state index in [1.165, 1.54) is 0 Å². The van der Waals surface area contributed by atoms with Gasteiger partial charge in [-0.15, -0.1) is 11.3 Å². The predicted octanol–water partition coefficient (Wildman–Crippen LogP) is 4.76. The fourth-order valence-corrected chi connectivity index (χ4v) is 3.61. The van der Waals surface area contributed by atoms with Crippen molar-refractivity contribution in [2.75, 3.05) is 18.1 Å². The lowest BCUT2D eigenvalue weighted by molar-refractivity contribution is -0.114. The van der Waals surface area contributed by atoms with Crippen molar-refractivity contribution in [2.45, 2.75) is 6.18 Å². The molecule has 0 saturated heterocycles. The highest BCUT2D eigenvalue weighted by Gasteiger charge is 2.26. The second-order valence-electron chi connectivity index (χ2n) is 6.13. The Morgan fingerprint density at radius 2 is 1.97 bits per heavy atom. The van der Waals surface area contributed by atoms with E-state index in [9.17, 15) is 18.0 Å². The number of pyridine rings is 1. The fourth-order valence-electron chi connectivity index (χ4n) is 2.76. The molecule has 0 unspecified atom stereocenters. The quantitative estimate of drug-likeness (QED) is 0.555. The molecule has 3 aromatic rings.